The van der Waals surface area contributed by atoms with Gasteiger partial charge in [0, 0.05) is 22.1 Å². The van der Waals surface area contributed by atoms with Gasteiger partial charge < -0.3 is 15.2 Å². The van der Waals surface area contributed by atoms with Crippen molar-refractivity contribution in [1.82, 2.24) is 4.98 Å². The number of anilines is 1. The van der Waals surface area contributed by atoms with E-state index in [9.17, 15) is 4.39 Å². The Labute approximate surface area is 157 Å². The molecule has 4 nitrogen and oxygen atoms in total. The number of halogens is 2. The maximum atomic E-state index is 13.2. The molecule has 0 radical (unpaired) electrons. The minimum atomic E-state index is -0.354. The third-order valence-electron chi connectivity index (χ3n) is 3.25. The summed E-state index contributed by atoms with van der Waals surface area (Å²) >= 11 is 4.78. The highest BCUT2D eigenvalue weighted by Gasteiger charge is 2.10. The first-order valence-corrected chi connectivity index (χ1v) is 8.86. The quantitative estimate of drug-likeness (QED) is 0.588. The molecule has 0 fully saturated rings. The zero-order valence-electron chi connectivity index (χ0n) is 13.2. The maximum Gasteiger partial charge on any atom is 0.170 e. The fourth-order valence-electron chi connectivity index (χ4n) is 2.05. The smallest absolute Gasteiger partial charge is 0.170 e. The second-order valence-electron chi connectivity index (χ2n) is 5.01. The molecule has 2 N–H and O–H groups in total. The molecular weight excluding hydrogens is 407 g/mol. The van der Waals surface area contributed by atoms with E-state index in [2.05, 4.69) is 20.9 Å². The third-order valence-corrected chi connectivity index (χ3v) is 4.82. The molecule has 0 aliphatic carbocycles. The van der Waals surface area contributed by atoms with Crippen LogP contribution < -0.4 is 15.2 Å². The molecule has 0 spiro atoms. The molecule has 0 atom stereocenters. The van der Waals surface area contributed by atoms with Gasteiger partial charge in [0.2, 0.25) is 0 Å². The molecule has 128 valence electrons. The van der Waals surface area contributed by atoms with Gasteiger partial charge in [0.25, 0.3) is 0 Å². The largest absolute Gasteiger partial charge is 0.497 e. The molecule has 3 aromatic rings. The van der Waals surface area contributed by atoms with Crippen molar-refractivity contribution in [2.45, 2.75) is 9.79 Å². The summed E-state index contributed by atoms with van der Waals surface area (Å²) in [6.45, 7) is 0. The molecular formula is C18H14BrFN2O2S. The molecule has 1 aromatic heterocycles. The van der Waals surface area contributed by atoms with Gasteiger partial charge in [-0.1, -0.05) is 17.8 Å². The lowest BCUT2D eigenvalue weighted by molar-refractivity contribution is 0.413. The lowest BCUT2D eigenvalue weighted by Gasteiger charge is -2.11. The minimum Gasteiger partial charge on any atom is -0.497 e. The van der Waals surface area contributed by atoms with Crippen LogP contribution in [0.15, 0.2) is 69.0 Å². The summed E-state index contributed by atoms with van der Waals surface area (Å²) in [5.41, 5.74) is 5.90. The van der Waals surface area contributed by atoms with Crippen LogP contribution in [0, 0.1) is 5.82 Å². The molecule has 0 aliphatic heterocycles. The van der Waals surface area contributed by atoms with Crippen molar-refractivity contribution in [2.75, 3.05) is 12.8 Å². The predicted octanol–water partition coefficient (Wildman–Crippen LogP) is 5.52. The lowest BCUT2D eigenvalue weighted by atomic mass is 10.3. The molecule has 2 aromatic carbocycles. The van der Waals surface area contributed by atoms with Gasteiger partial charge in [0.15, 0.2) is 11.6 Å². The number of pyridine rings is 1. The first kappa shape index (κ1) is 17.6. The topological polar surface area (TPSA) is 57.4 Å². The van der Waals surface area contributed by atoms with Crippen molar-refractivity contribution in [2.24, 2.45) is 0 Å². The van der Waals surface area contributed by atoms with E-state index in [4.69, 9.17) is 15.2 Å². The monoisotopic (exact) mass is 420 g/mol. The van der Waals surface area contributed by atoms with E-state index < -0.39 is 0 Å². The maximum absolute atomic E-state index is 13.2. The van der Waals surface area contributed by atoms with E-state index >= 15 is 0 Å². The van der Waals surface area contributed by atoms with Gasteiger partial charge in [0.1, 0.15) is 17.3 Å². The van der Waals surface area contributed by atoms with Gasteiger partial charge in [-0.05, 0) is 52.3 Å². The standard InChI is InChI=1S/C18H14BrFN2O2S/c1-23-12-3-2-4-13(8-12)25-14-9-17(18(21)22-10-14)24-16-6-5-11(20)7-15(16)19/h2-10H,1H3,(H2,21,22). The van der Waals surface area contributed by atoms with Crippen molar-refractivity contribution < 1.29 is 13.9 Å². The van der Waals surface area contributed by atoms with Crippen LogP contribution in [0.1, 0.15) is 0 Å². The van der Waals surface area contributed by atoms with Crippen LogP contribution in [0.25, 0.3) is 0 Å². The number of nitrogen functional groups attached to an aromatic ring is 1. The average molecular weight is 421 g/mol. The molecule has 1 heterocycles. The predicted molar refractivity (Wildman–Crippen MR) is 99.9 cm³/mol. The number of methoxy groups -OCH3 is 1. The Morgan fingerprint density at radius 2 is 1.92 bits per heavy atom. The molecule has 0 saturated heterocycles. The molecule has 3 rings (SSSR count). The second kappa shape index (κ2) is 7.76. The van der Waals surface area contributed by atoms with Crippen LogP contribution in [-0.4, -0.2) is 12.1 Å². The summed E-state index contributed by atoms with van der Waals surface area (Å²) in [7, 11) is 1.63. The minimum absolute atomic E-state index is 0.256. The highest BCUT2D eigenvalue weighted by Crippen LogP contribution is 2.36. The van der Waals surface area contributed by atoms with Crippen LogP contribution >= 0.6 is 27.7 Å². The fraction of sp³-hybridized carbons (Fsp3) is 0.0556. The average Bonchev–Trinajstić information content (AvgIpc) is 2.60. The Hall–Kier alpha value is -2.25. The van der Waals surface area contributed by atoms with Crippen molar-refractivity contribution >= 4 is 33.5 Å². The molecule has 0 aliphatic rings. The Balaban J connectivity index is 1.84. The molecule has 0 bridgehead atoms. The van der Waals surface area contributed by atoms with Gasteiger partial charge in [-0.3, -0.25) is 0 Å². The Bertz CT molecular complexity index is 908. The Kier molecular flexibility index (Phi) is 5.45. The molecule has 0 saturated carbocycles. The summed E-state index contributed by atoms with van der Waals surface area (Å²) in [5, 5.41) is 0. The van der Waals surface area contributed by atoms with Crippen LogP contribution in [-0.2, 0) is 0 Å². The lowest BCUT2D eigenvalue weighted by Crippen LogP contribution is -1.96. The van der Waals surface area contributed by atoms with Crippen molar-refractivity contribution in [3.63, 3.8) is 0 Å². The van der Waals surface area contributed by atoms with E-state index in [0.29, 0.717) is 16.0 Å². The van der Waals surface area contributed by atoms with Crippen molar-refractivity contribution in [1.29, 1.82) is 0 Å². The summed E-state index contributed by atoms with van der Waals surface area (Å²) in [5.74, 6) is 1.54. The second-order valence-corrected chi connectivity index (χ2v) is 7.01. The fourth-order valence-corrected chi connectivity index (χ4v) is 3.35. The van der Waals surface area contributed by atoms with Gasteiger partial charge in [-0.2, -0.15) is 0 Å². The zero-order chi connectivity index (χ0) is 17.8. The van der Waals surface area contributed by atoms with Gasteiger partial charge in [-0.15, -0.1) is 0 Å². The number of rotatable bonds is 5. The van der Waals surface area contributed by atoms with Crippen LogP contribution in [0.5, 0.6) is 17.2 Å². The van der Waals surface area contributed by atoms with E-state index in [0.717, 1.165) is 15.5 Å². The van der Waals surface area contributed by atoms with Crippen molar-refractivity contribution in [3.8, 4) is 17.2 Å². The number of hydrogen-bond donors (Lipinski definition) is 1. The van der Waals surface area contributed by atoms with Crippen molar-refractivity contribution in [3.05, 3.63) is 65.0 Å². The van der Waals surface area contributed by atoms with Gasteiger partial charge in [-0.25, -0.2) is 9.37 Å². The highest BCUT2D eigenvalue weighted by atomic mass is 79.9. The van der Waals surface area contributed by atoms with Gasteiger partial charge >= 0.3 is 0 Å². The summed E-state index contributed by atoms with van der Waals surface area (Å²) < 4.78 is 24.7. The number of ether oxygens (including phenoxy) is 2. The number of aromatic nitrogens is 1. The van der Waals surface area contributed by atoms with E-state index in [1.807, 2.05) is 24.3 Å². The Morgan fingerprint density at radius 3 is 2.68 bits per heavy atom. The number of nitrogens with two attached hydrogens (primary N) is 1. The number of benzene rings is 2. The molecule has 25 heavy (non-hydrogen) atoms. The Morgan fingerprint density at radius 1 is 1.08 bits per heavy atom. The van der Waals surface area contributed by atoms with Crippen LogP contribution in [0.4, 0.5) is 10.2 Å². The highest BCUT2D eigenvalue weighted by molar-refractivity contribution is 9.10. The van der Waals surface area contributed by atoms with Crippen LogP contribution in [0.3, 0.4) is 0 Å². The first-order valence-electron chi connectivity index (χ1n) is 7.25. The number of nitrogens with zero attached hydrogens (tertiary/aromatic N) is 1. The summed E-state index contributed by atoms with van der Waals surface area (Å²) in [6.07, 6.45) is 1.67. The SMILES string of the molecule is COc1cccc(Sc2cnc(N)c(Oc3ccc(F)cc3Br)c2)c1. The van der Waals surface area contributed by atoms with E-state index in [1.54, 1.807) is 19.4 Å². The van der Waals surface area contributed by atoms with Crippen LogP contribution in [0.2, 0.25) is 0 Å². The summed E-state index contributed by atoms with van der Waals surface area (Å²) in [4.78, 5) is 6.03. The van der Waals surface area contributed by atoms with E-state index in [1.165, 1.54) is 30.0 Å². The zero-order valence-corrected chi connectivity index (χ0v) is 15.6. The first-order chi connectivity index (χ1) is 12.0. The van der Waals surface area contributed by atoms with E-state index in [-0.39, 0.29) is 11.6 Å². The molecule has 0 unspecified atom stereocenters. The molecule has 7 heteroatoms. The number of hydrogen-bond acceptors (Lipinski definition) is 5. The van der Waals surface area contributed by atoms with Gasteiger partial charge in [0.05, 0.1) is 11.6 Å². The summed E-state index contributed by atoms with van der Waals surface area (Å²) in [6, 6.07) is 13.7. The normalized spacial score (nSPS) is 10.5. The molecule has 0 amide bonds. The third kappa shape index (κ3) is 4.43.